The maximum absolute atomic E-state index is 12.3. The van der Waals surface area contributed by atoms with Gasteiger partial charge in [0.1, 0.15) is 5.75 Å². The first-order valence-corrected chi connectivity index (χ1v) is 6.14. The van der Waals surface area contributed by atoms with Gasteiger partial charge in [0.15, 0.2) is 0 Å². The van der Waals surface area contributed by atoms with E-state index in [9.17, 15) is 14.7 Å². The summed E-state index contributed by atoms with van der Waals surface area (Å²) in [6.07, 6.45) is 3.88. The van der Waals surface area contributed by atoms with Crippen molar-refractivity contribution in [1.82, 2.24) is 9.55 Å². The highest BCUT2D eigenvalue weighted by molar-refractivity contribution is 5.78. The summed E-state index contributed by atoms with van der Waals surface area (Å²) in [5.41, 5.74) is -0.259. The Morgan fingerprint density at radius 3 is 2.67 bits per heavy atom. The molecule has 18 heavy (non-hydrogen) atoms. The van der Waals surface area contributed by atoms with Crippen LogP contribution in [0, 0.1) is 0 Å². The van der Waals surface area contributed by atoms with Crippen LogP contribution in [0.5, 0.6) is 5.75 Å². The summed E-state index contributed by atoms with van der Waals surface area (Å²) in [6.45, 7) is 0. The predicted octanol–water partition coefficient (Wildman–Crippen LogP) is 1.51. The molecule has 0 atom stereocenters. The molecule has 0 spiro atoms. The highest BCUT2D eigenvalue weighted by Gasteiger charge is 2.21. The lowest BCUT2D eigenvalue weighted by Crippen LogP contribution is -2.37. The molecular formula is C13H14N2O3. The monoisotopic (exact) mass is 246 g/mol. The Morgan fingerprint density at radius 2 is 1.94 bits per heavy atom. The quantitative estimate of drug-likeness (QED) is 0.800. The van der Waals surface area contributed by atoms with Gasteiger partial charge in [0, 0.05) is 12.1 Å². The van der Waals surface area contributed by atoms with E-state index in [0.29, 0.717) is 10.9 Å². The van der Waals surface area contributed by atoms with E-state index >= 15 is 0 Å². The molecule has 2 aromatic rings. The van der Waals surface area contributed by atoms with E-state index in [0.717, 1.165) is 25.7 Å². The third-order valence-electron chi connectivity index (χ3n) is 3.60. The topological polar surface area (TPSA) is 75.1 Å². The molecule has 5 heteroatoms. The highest BCUT2D eigenvalue weighted by atomic mass is 16.3. The maximum atomic E-state index is 12.3. The van der Waals surface area contributed by atoms with Crippen molar-refractivity contribution in [3.8, 4) is 5.75 Å². The van der Waals surface area contributed by atoms with Crippen molar-refractivity contribution in [2.24, 2.45) is 0 Å². The third-order valence-corrected chi connectivity index (χ3v) is 3.60. The van der Waals surface area contributed by atoms with Gasteiger partial charge in [-0.1, -0.05) is 12.8 Å². The van der Waals surface area contributed by atoms with Gasteiger partial charge < -0.3 is 10.1 Å². The van der Waals surface area contributed by atoms with E-state index in [2.05, 4.69) is 4.98 Å². The van der Waals surface area contributed by atoms with Crippen LogP contribution in [0.2, 0.25) is 0 Å². The Hall–Kier alpha value is -2.04. The second-order valence-electron chi connectivity index (χ2n) is 4.77. The average molecular weight is 246 g/mol. The lowest BCUT2D eigenvalue weighted by Gasteiger charge is -2.12. The first kappa shape index (κ1) is 11.1. The maximum Gasteiger partial charge on any atom is 0.329 e. The van der Waals surface area contributed by atoms with Crippen LogP contribution in [0.3, 0.4) is 0 Å². The predicted molar refractivity (Wildman–Crippen MR) is 68.0 cm³/mol. The molecule has 0 bridgehead atoms. The zero-order valence-corrected chi connectivity index (χ0v) is 9.85. The molecule has 1 heterocycles. The van der Waals surface area contributed by atoms with Crippen LogP contribution >= 0.6 is 0 Å². The van der Waals surface area contributed by atoms with Crippen molar-refractivity contribution in [2.45, 2.75) is 31.7 Å². The van der Waals surface area contributed by atoms with E-state index in [4.69, 9.17) is 0 Å². The molecule has 0 radical (unpaired) electrons. The smallest absolute Gasteiger partial charge is 0.329 e. The van der Waals surface area contributed by atoms with Gasteiger partial charge in [0.2, 0.25) is 0 Å². The summed E-state index contributed by atoms with van der Waals surface area (Å²) in [5, 5.41) is 9.81. The normalized spacial score (nSPS) is 16.4. The van der Waals surface area contributed by atoms with Crippen LogP contribution in [0.4, 0.5) is 0 Å². The van der Waals surface area contributed by atoms with Gasteiger partial charge >= 0.3 is 5.69 Å². The molecule has 3 rings (SSSR count). The van der Waals surface area contributed by atoms with Crippen molar-refractivity contribution >= 4 is 10.9 Å². The largest absolute Gasteiger partial charge is 0.508 e. The van der Waals surface area contributed by atoms with Gasteiger partial charge in [-0.2, -0.15) is 0 Å². The van der Waals surface area contributed by atoms with Crippen LogP contribution in [0.1, 0.15) is 31.7 Å². The van der Waals surface area contributed by atoms with Crippen LogP contribution in [0.15, 0.2) is 27.8 Å². The summed E-state index contributed by atoms with van der Waals surface area (Å²) in [4.78, 5) is 27.0. The van der Waals surface area contributed by atoms with Crippen molar-refractivity contribution < 1.29 is 5.11 Å². The number of phenols is 1. The fourth-order valence-electron chi connectivity index (χ4n) is 2.71. The zero-order valence-electron chi connectivity index (χ0n) is 9.85. The molecular weight excluding hydrogens is 232 g/mol. The van der Waals surface area contributed by atoms with E-state index in [1.807, 2.05) is 0 Å². The fourth-order valence-corrected chi connectivity index (χ4v) is 2.71. The van der Waals surface area contributed by atoms with E-state index < -0.39 is 0 Å². The molecule has 0 aliphatic heterocycles. The molecule has 1 aliphatic rings. The van der Waals surface area contributed by atoms with Crippen molar-refractivity contribution in [3.63, 3.8) is 0 Å². The van der Waals surface area contributed by atoms with E-state index in [1.54, 1.807) is 6.07 Å². The van der Waals surface area contributed by atoms with Crippen molar-refractivity contribution in [3.05, 3.63) is 39.0 Å². The average Bonchev–Trinajstić information content (AvgIpc) is 2.82. The molecule has 94 valence electrons. The highest BCUT2D eigenvalue weighted by Crippen LogP contribution is 2.27. The first-order chi connectivity index (χ1) is 8.66. The number of hydrogen-bond donors (Lipinski definition) is 2. The fraction of sp³-hybridized carbons (Fsp3) is 0.385. The lowest BCUT2D eigenvalue weighted by atomic mass is 10.2. The Labute approximate surface area is 103 Å². The van der Waals surface area contributed by atoms with Gasteiger partial charge in [-0.05, 0) is 25.0 Å². The number of nitrogens with one attached hydrogen (secondary N) is 1. The molecule has 2 N–H and O–H groups in total. The van der Waals surface area contributed by atoms with Crippen molar-refractivity contribution in [2.75, 3.05) is 0 Å². The molecule has 1 fully saturated rings. The van der Waals surface area contributed by atoms with Crippen molar-refractivity contribution in [1.29, 1.82) is 0 Å². The third kappa shape index (κ3) is 1.63. The van der Waals surface area contributed by atoms with Gasteiger partial charge in [0.25, 0.3) is 5.56 Å². The zero-order chi connectivity index (χ0) is 12.7. The summed E-state index contributed by atoms with van der Waals surface area (Å²) in [5.74, 6) is 0.0381. The molecule has 1 aromatic heterocycles. The second-order valence-corrected chi connectivity index (χ2v) is 4.77. The molecule has 1 saturated carbocycles. The number of nitrogens with zero attached hydrogens (tertiary/aromatic N) is 1. The molecule has 5 nitrogen and oxygen atoms in total. The summed E-state index contributed by atoms with van der Waals surface area (Å²) >= 11 is 0. The molecule has 1 aliphatic carbocycles. The molecule has 0 unspecified atom stereocenters. The van der Waals surface area contributed by atoms with Crippen LogP contribution in [-0.2, 0) is 0 Å². The SMILES string of the molecule is O=c1[nH]c2cc(O)ccc2c(=O)n1C1CCCC1. The van der Waals surface area contributed by atoms with Gasteiger partial charge in [-0.3, -0.25) is 9.36 Å². The Bertz CT molecular complexity index is 708. The minimum Gasteiger partial charge on any atom is -0.508 e. The lowest BCUT2D eigenvalue weighted by molar-refractivity contribution is 0.474. The summed E-state index contributed by atoms with van der Waals surface area (Å²) in [6, 6.07) is 4.42. The number of aromatic amines is 1. The van der Waals surface area contributed by atoms with Gasteiger partial charge in [-0.25, -0.2) is 4.79 Å². The van der Waals surface area contributed by atoms with Crippen LogP contribution in [-0.4, -0.2) is 14.7 Å². The summed E-state index contributed by atoms with van der Waals surface area (Å²) < 4.78 is 1.33. The van der Waals surface area contributed by atoms with Gasteiger partial charge in [-0.15, -0.1) is 0 Å². The number of fused-ring (bicyclic) bond motifs is 1. The number of aromatic hydroxyl groups is 1. The number of benzene rings is 1. The number of phenolic OH excluding ortho intramolecular Hbond substituents is 1. The number of H-pyrrole nitrogens is 1. The number of hydrogen-bond acceptors (Lipinski definition) is 3. The number of aromatic nitrogens is 2. The van der Waals surface area contributed by atoms with E-state index in [1.165, 1.54) is 16.7 Å². The Morgan fingerprint density at radius 1 is 1.22 bits per heavy atom. The minimum atomic E-state index is -0.384. The Kier molecular flexibility index (Phi) is 2.47. The summed E-state index contributed by atoms with van der Waals surface area (Å²) in [7, 11) is 0. The number of rotatable bonds is 1. The second kappa shape index (κ2) is 4.01. The molecule has 1 aromatic carbocycles. The van der Waals surface area contributed by atoms with Crippen LogP contribution in [0.25, 0.3) is 10.9 Å². The van der Waals surface area contributed by atoms with E-state index in [-0.39, 0.29) is 23.0 Å². The minimum absolute atomic E-state index is 0.0134. The van der Waals surface area contributed by atoms with Crippen LogP contribution < -0.4 is 11.2 Å². The molecule has 0 saturated heterocycles. The Balaban J connectivity index is 2.30. The van der Waals surface area contributed by atoms with Gasteiger partial charge in [0.05, 0.1) is 10.9 Å². The first-order valence-electron chi connectivity index (χ1n) is 6.14. The molecule has 0 amide bonds. The standard InChI is InChI=1S/C13H14N2O3/c16-9-5-6-10-11(7-9)14-13(18)15(12(10)17)8-3-1-2-4-8/h5-8,16H,1-4H2,(H,14,18).